The van der Waals surface area contributed by atoms with Crippen LogP contribution in [0.5, 0.6) is 0 Å². The average Bonchev–Trinajstić information content (AvgIpc) is 2.75. The third-order valence-electron chi connectivity index (χ3n) is 1.22. The number of aromatic amines is 1. The highest BCUT2D eigenvalue weighted by atomic mass is 35.5. The number of alkyl halides is 1. The minimum Gasteiger partial charge on any atom is -0.197 e. The Morgan fingerprint density at radius 3 is 3.00 bits per heavy atom. The quantitative estimate of drug-likeness (QED) is 0.738. The summed E-state index contributed by atoms with van der Waals surface area (Å²) in [6, 6.07) is 0. The normalized spacial score (nSPS) is 10.4. The summed E-state index contributed by atoms with van der Waals surface area (Å²) in [7, 11) is 0. The van der Waals surface area contributed by atoms with E-state index < -0.39 is 0 Å². The molecule has 0 spiro atoms. The third-order valence-corrected chi connectivity index (χ3v) is 2.57. The maximum Gasteiger partial charge on any atom is 0.169 e. The monoisotopic (exact) mass is 201 g/mol. The van der Waals surface area contributed by atoms with Gasteiger partial charge in [-0.2, -0.15) is 15.4 Å². The number of hydrogen-bond donors (Lipinski definition) is 1. The molecule has 7 heteroatoms. The molecular formula is C5H4ClN5S. The van der Waals surface area contributed by atoms with Crippen molar-refractivity contribution in [2.45, 2.75) is 5.88 Å². The second-order valence-electron chi connectivity index (χ2n) is 1.99. The molecule has 5 nitrogen and oxygen atoms in total. The molecule has 1 N–H and O–H groups in total. The minimum atomic E-state index is 0.384. The second-order valence-corrected chi connectivity index (χ2v) is 3.32. The Balaban J connectivity index is 2.35. The highest BCUT2D eigenvalue weighted by Crippen LogP contribution is 2.20. The highest BCUT2D eigenvalue weighted by Gasteiger charge is 2.07. The maximum atomic E-state index is 5.57. The van der Waals surface area contributed by atoms with Gasteiger partial charge in [-0.05, 0) is 0 Å². The van der Waals surface area contributed by atoms with Crippen LogP contribution in [0.1, 0.15) is 5.01 Å². The van der Waals surface area contributed by atoms with Gasteiger partial charge in [-0.25, -0.2) is 0 Å². The smallest absolute Gasteiger partial charge is 0.169 e. The van der Waals surface area contributed by atoms with Gasteiger partial charge in [0.25, 0.3) is 0 Å². The molecule has 0 saturated carbocycles. The molecule has 2 aromatic rings. The molecule has 0 aliphatic heterocycles. The molecule has 2 rings (SSSR count). The van der Waals surface area contributed by atoms with E-state index in [2.05, 4.69) is 25.6 Å². The Morgan fingerprint density at radius 1 is 1.50 bits per heavy atom. The van der Waals surface area contributed by atoms with E-state index in [-0.39, 0.29) is 0 Å². The first kappa shape index (κ1) is 7.63. The minimum absolute atomic E-state index is 0.384. The van der Waals surface area contributed by atoms with E-state index in [1.165, 1.54) is 11.3 Å². The van der Waals surface area contributed by atoms with Gasteiger partial charge in [0.1, 0.15) is 10.7 Å². The second kappa shape index (κ2) is 3.16. The number of nitrogens with one attached hydrogen (secondary N) is 1. The first-order valence-corrected chi connectivity index (χ1v) is 4.49. The average molecular weight is 202 g/mol. The predicted molar refractivity (Wildman–Crippen MR) is 44.8 cm³/mol. The van der Waals surface area contributed by atoms with Crippen molar-refractivity contribution in [1.82, 2.24) is 25.6 Å². The van der Waals surface area contributed by atoms with Gasteiger partial charge in [-0.1, -0.05) is 11.3 Å². The van der Waals surface area contributed by atoms with Crippen LogP contribution in [0.25, 0.3) is 10.7 Å². The van der Waals surface area contributed by atoms with Crippen molar-refractivity contribution < 1.29 is 0 Å². The Hall–Kier alpha value is -1.01. The molecule has 0 amide bonds. The number of rotatable bonds is 2. The van der Waals surface area contributed by atoms with Crippen LogP contribution in [0.15, 0.2) is 6.20 Å². The summed E-state index contributed by atoms with van der Waals surface area (Å²) in [6.07, 6.45) is 1.60. The zero-order valence-corrected chi connectivity index (χ0v) is 7.43. The summed E-state index contributed by atoms with van der Waals surface area (Å²) in [4.78, 5) is 0. The van der Waals surface area contributed by atoms with Gasteiger partial charge in [0.15, 0.2) is 5.01 Å². The van der Waals surface area contributed by atoms with Crippen molar-refractivity contribution >= 4 is 22.9 Å². The largest absolute Gasteiger partial charge is 0.197 e. The Labute approximate surface area is 76.8 Å². The number of hydrogen-bond acceptors (Lipinski definition) is 5. The van der Waals surface area contributed by atoms with Crippen molar-refractivity contribution in [3.63, 3.8) is 0 Å². The number of nitrogens with zero attached hydrogens (tertiary/aromatic N) is 4. The molecule has 0 fully saturated rings. The van der Waals surface area contributed by atoms with Gasteiger partial charge < -0.3 is 0 Å². The SMILES string of the molecule is ClCc1nnc(-c2cn[nH]n2)s1. The van der Waals surface area contributed by atoms with Crippen molar-refractivity contribution in [3.8, 4) is 10.7 Å². The lowest BCUT2D eigenvalue weighted by molar-refractivity contribution is 0.939. The Morgan fingerprint density at radius 2 is 2.42 bits per heavy atom. The topological polar surface area (TPSA) is 67.3 Å². The predicted octanol–water partition coefficient (Wildman–Crippen LogP) is 1.06. The van der Waals surface area contributed by atoms with Crippen molar-refractivity contribution in [3.05, 3.63) is 11.2 Å². The molecule has 62 valence electrons. The van der Waals surface area contributed by atoms with E-state index in [1.54, 1.807) is 6.20 Å². The molecule has 0 saturated heterocycles. The lowest BCUT2D eigenvalue weighted by Crippen LogP contribution is -1.76. The zero-order chi connectivity index (χ0) is 8.39. The summed E-state index contributed by atoms with van der Waals surface area (Å²) in [5.41, 5.74) is 0.698. The van der Waals surface area contributed by atoms with Crippen LogP contribution in [-0.2, 0) is 5.88 Å². The number of halogens is 1. The lowest BCUT2D eigenvalue weighted by Gasteiger charge is -1.80. The molecule has 0 unspecified atom stereocenters. The van der Waals surface area contributed by atoms with Crippen molar-refractivity contribution in [2.75, 3.05) is 0 Å². The van der Waals surface area contributed by atoms with Crippen molar-refractivity contribution in [1.29, 1.82) is 0 Å². The van der Waals surface area contributed by atoms with Crippen LogP contribution in [0.4, 0.5) is 0 Å². The van der Waals surface area contributed by atoms with Crippen LogP contribution in [-0.4, -0.2) is 25.6 Å². The first-order chi connectivity index (χ1) is 5.90. The molecular weight excluding hydrogens is 198 g/mol. The van der Waals surface area contributed by atoms with Gasteiger partial charge in [0.2, 0.25) is 0 Å². The van der Waals surface area contributed by atoms with E-state index in [0.717, 1.165) is 10.0 Å². The summed E-state index contributed by atoms with van der Waals surface area (Å²) < 4.78 is 0. The molecule has 0 aliphatic rings. The van der Waals surface area contributed by atoms with Gasteiger partial charge in [-0.15, -0.1) is 21.8 Å². The van der Waals surface area contributed by atoms with Gasteiger partial charge >= 0.3 is 0 Å². The van der Waals surface area contributed by atoms with E-state index in [9.17, 15) is 0 Å². The van der Waals surface area contributed by atoms with Crippen molar-refractivity contribution in [2.24, 2.45) is 0 Å². The number of H-pyrrole nitrogens is 1. The van der Waals surface area contributed by atoms with E-state index in [0.29, 0.717) is 11.6 Å². The summed E-state index contributed by atoms with van der Waals surface area (Å²) >= 11 is 6.98. The molecule has 0 aromatic carbocycles. The van der Waals surface area contributed by atoms with Crippen LogP contribution in [0, 0.1) is 0 Å². The van der Waals surface area contributed by atoms with Gasteiger partial charge in [-0.3, -0.25) is 0 Å². The molecule has 2 heterocycles. The molecule has 0 radical (unpaired) electrons. The fourth-order valence-electron chi connectivity index (χ4n) is 0.716. The highest BCUT2D eigenvalue weighted by molar-refractivity contribution is 7.14. The summed E-state index contributed by atoms with van der Waals surface area (Å²) in [5, 5.41) is 19.3. The molecule has 0 bridgehead atoms. The van der Waals surface area contributed by atoms with E-state index >= 15 is 0 Å². The van der Waals surface area contributed by atoms with Crippen LogP contribution in [0.3, 0.4) is 0 Å². The van der Waals surface area contributed by atoms with E-state index in [1.807, 2.05) is 0 Å². The first-order valence-electron chi connectivity index (χ1n) is 3.14. The molecule has 0 atom stereocenters. The van der Waals surface area contributed by atoms with Crippen LogP contribution in [0.2, 0.25) is 0 Å². The lowest BCUT2D eigenvalue weighted by atomic mass is 10.5. The fraction of sp³-hybridized carbons (Fsp3) is 0.200. The Kier molecular flexibility index (Phi) is 2.01. The van der Waals surface area contributed by atoms with Gasteiger partial charge in [0.05, 0.1) is 12.1 Å². The third kappa shape index (κ3) is 1.30. The zero-order valence-electron chi connectivity index (χ0n) is 5.86. The van der Waals surface area contributed by atoms with E-state index in [4.69, 9.17) is 11.6 Å². The fourth-order valence-corrected chi connectivity index (χ4v) is 1.58. The molecule has 12 heavy (non-hydrogen) atoms. The molecule has 2 aromatic heterocycles. The molecule has 0 aliphatic carbocycles. The standard InChI is InChI=1S/C5H4ClN5S/c6-1-4-9-10-5(12-4)3-2-7-11-8-3/h2H,1H2,(H,7,8,11). The summed E-state index contributed by atoms with van der Waals surface area (Å²) in [5.74, 6) is 0.384. The number of aromatic nitrogens is 5. The maximum absolute atomic E-state index is 5.57. The van der Waals surface area contributed by atoms with Crippen LogP contribution >= 0.6 is 22.9 Å². The van der Waals surface area contributed by atoms with Gasteiger partial charge in [0, 0.05) is 0 Å². The Bertz CT molecular complexity index is 356. The summed E-state index contributed by atoms with van der Waals surface area (Å²) in [6.45, 7) is 0. The van der Waals surface area contributed by atoms with Crippen LogP contribution < -0.4 is 0 Å².